The molecule has 0 bridgehead atoms. The van der Waals surface area contributed by atoms with Gasteiger partial charge in [-0.05, 0) is 30.7 Å². The minimum Gasteiger partial charge on any atom is -0.465 e. The number of nitrogens with one attached hydrogen (secondary N) is 1. The molecule has 9 heteroatoms. The average Bonchev–Trinajstić information content (AvgIpc) is 3.36. The van der Waals surface area contributed by atoms with Crippen LogP contribution in [0.2, 0.25) is 0 Å². The van der Waals surface area contributed by atoms with Crippen molar-refractivity contribution in [3.63, 3.8) is 0 Å². The number of furan rings is 1. The molecule has 0 aliphatic carbocycles. The molecule has 146 valence electrons. The number of carbonyl (C=O) groups is 2. The van der Waals surface area contributed by atoms with Crippen LogP contribution in [0.1, 0.15) is 23.7 Å². The van der Waals surface area contributed by atoms with Crippen molar-refractivity contribution < 1.29 is 18.7 Å². The minimum absolute atomic E-state index is 0.121. The topological polar surface area (TPSA) is 99.2 Å². The number of methoxy groups -OCH3 is 1. The Hall–Kier alpha value is -3.07. The van der Waals surface area contributed by atoms with Crippen molar-refractivity contribution in [2.24, 2.45) is 0 Å². The second-order valence-electron chi connectivity index (χ2n) is 5.81. The van der Waals surface area contributed by atoms with Crippen molar-refractivity contribution in [2.75, 3.05) is 18.2 Å². The molecule has 0 fully saturated rings. The highest BCUT2D eigenvalue weighted by atomic mass is 32.2. The van der Waals surface area contributed by atoms with E-state index in [1.165, 1.54) is 18.9 Å². The predicted octanol–water partition coefficient (Wildman–Crippen LogP) is 3.47. The Kier molecular flexibility index (Phi) is 6.49. The number of ether oxygens (including phenoxy) is 1. The standard InChI is InChI=1S/C19H20N4O4S/c1-3-10-23-17(15-9-6-11-27-15)21-22-19(23)28-12-16(24)20-14-8-5-4-7-13(14)18(25)26-2/h4-9,11H,3,10,12H2,1-2H3,(H,20,24). The van der Waals surface area contributed by atoms with Crippen molar-refractivity contribution in [3.05, 3.63) is 48.2 Å². The number of carbonyl (C=O) groups excluding carboxylic acids is 2. The maximum absolute atomic E-state index is 12.4. The number of anilines is 1. The van der Waals surface area contributed by atoms with Gasteiger partial charge >= 0.3 is 5.97 Å². The molecule has 1 amide bonds. The summed E-state index contributed by atoms with van der Waals surface area (Å²) in [6.45, 7) is 2.76. The predicted molar refractivity (Wildman–Crippen MR) is 105 cm³/mol. The van der Waals surface area contributed by atoms with Crippen molar-refractivity contribution in [1.82, 2.24) is 14.8 Å². The number of esters is 1. The lowest BCUT2D eigenvalue weighted by molar-refractivity contribution is -0.113. The van der Waals surface area contributed by atoms with Crippen LogP contribution in [0.3, 0.4) is 0 Å². The second-order valence-corrected chi connectivity index (χ2v) is 6.75. The summed E-state index contributed by atoms with van der Waals surface area (Å²) in [4.78, 5) is 24.2. The Labute approximate surface area is 166 Å². The summed E-state index contributed by atoms with van der Waals surface area (Å²) in [5, 5.41) is 11.8. The van der Waals surface area contributed by atoms with Gasteiger partial charge in [0.15, 0.2) is 16.7 Å². The molecule has 0 unspecified atom stereocenters. The Balaban J connectivity index is 1.70. The van der Waals surface area contributed by atoms with Crippen LogP contribution in [0.25, 0.3) is 11.6 Å². The van der Waals surface area contributed by atoms with Gasteiger partial charge in [0, 0.05) is 6.54 Å². The van der Waals surface area contributed by atoms with Crippen molar-refractivity contribution in [3.8, 4) is 11.6 Å². The minimum atomic E-state index is -0.505. The molecule has 1 N–H and O–H groups in total. The second kappa shape index (κ2) is 9.23. The molecular formula is C19H20N4O4S. The maximum Gasteiger partial charge on any atom is 0.339 e. The number of aromatic nitrogens is 3. The Morgan fingerprint density at radius 1 is 1.21 bits per heavy atom. The quantitative estimate of drug-likeness (QED) is 0.456. The van der Waals surface area contributed by atoms with Crippen LogP contribution >= 0.6 is 11.8 Å². The molecule has 0 saturated heterocycles. The van der Waals surface area contributed by atoms with E-state index in [0.29, 0.717) is 34.5 Å². The number of hydrogen-bond acceptors (Lipinski definition) is 7. The lowest BCUT2D eigenvalue weighted by Crippen LogP contribution is -2.17. The van der Waals surface area contributed by atoms with Gasteiger partial charge in [0.1, 0.15) is 0 Å². The number of amides is 1. The monoisotopic (exact) mass is 400 g/mol. The van der Waals surface area contributed by atoms with Gasteiger partial charge in [0.05, 0.1) is 30.4 Å². The Bertz CT molecular complexity index is 953. The molecule has 0 saturated carbocycles. The van der Waals surface area contributed by atoms with Crippen LogP contribution in [0, 0.1) is 0 Å². The Morgan fingerprint density at radius 3 is 2.75 bits per heavy atom. The summed E-state index contributed by atoms with van der Waals surface area (Å²) >= 11 is 1.27. The lowest BCUT2D eigenvalue weighted by Gasteiger charge is -2.10. The molecule has 0 aliphatic rings. The molecule has 0 spiro atoms. The first kappa shape index (κ1) is 19.7. The van der Waals surface area contributed by atoms with E-state index in [1.54, 1.807) is 36.6 Å². The fourth-order valence-corrected chi connectivity index (χ4v) is 3.37. The summed E-state index contributed by atoms with van der Waals surface area (Å²) in [7, 11) is 1.30. The fourth-order valence-electron chi connectivity index (χ4n) is 2.61. The highest BCUT2D eigenvalue weighted by molar-refractivity contribution is 7.99. The van der Waals surface area contributed by atoms with Crippen molar-refractivity contribution in [1.29, 1.82) is 0 Å². The molecular weight excluding hydrogens is 380 g/mol. The molecule has 8 nitrogen and oxygen atoms in total. The van der Waals surface area contributed by atoms with Gasteiger partial charge in [-0.2, -0.15) is 0 Å². The summed E-state index contributed by atoms with van der Waals surface area (Å²) in [5.41, 5.74) is 0.712. The first-order chi connectivity index (χ1) is 13.6. The molecule has 3 aromatic rings. The van der Waals surface area contributed by atoms with E-state index >= 15 is 0 Å². The lowest BCUT2D eigenvalue weighted by atomic mass is 10.2. The summed E-state index contributed by atoms with van der Waals surface area (Å²) in [6.07, 6.45) is 2.47. The first-order valence-electron chi connectivity index (χ1n) is 8.71. The van der Waals surface area contributed by atoms with E-state index in [1.807, 2.05) is 10.6 Å². The van der Waals surface area contributed by atoms with Crippen LogP contribution in [-0.4, -0.2) is 39.5 Å². The van der Waals surface area contributed by atoms with Gasteiger partial charge in [-0.1, -0.05) is 30.8 Å². The molecule has 0 atom stereocenters. The highest BCUT2D eigenvalue weighted by Gasteiger charge is 2.18. The van der Waals surface area contributed by atoms with Gasteiger partial charge in [-0.15, -0.1) is 10.2 Å². The number of hydrogen-bond donors (Lipinski definition) is 1. The zero-order valence-corrected chi connectivity index (χ0v) is 16.4. The third-order valence-electron chi connectivity index (χ3n) is 3.84. The number of thioether (sulfide) groups is 1. The zero-order chi connectivity index (χ0) is 19.9. The number of nitrogens with zero attached hydrogens (tertiary/aromatic N) is 3. The van der Waals surface area contributed by atoms with Crippen LogP contribution < -0.4 is 5.32 Å². The van der Waals surface area contributed by atoms with Gasteiger partial charge in [-0.25, -0.2) is 4.79 Å². The third kappa shape index (κ3) is 4.42. The van der Waals surface area contributed by atoms with Gasteiger partial charge < -0.3 is 14.5 Å². The van der Waals surface area contributed by atoms with E-state index < -0.39 is 5.97 Å². The summed E-state index contributed by atoms with van der Waals surface area (Å²) in [6, 6.07) is 10.3. The van der Waals surface area contributed by atoms with E-state index in [-0.39, 0.29) is 11.7 Å². The van der Waals surface area contributed by atoms with E-state index in [2.05, 4.69) is 22.4 Å². The van der Waals surface area contributed by atoms with Crippen LogP contribution in [-0.2, 0) is 16.1 Å². The molecule has 0 radical (unpaired) electrons. The Morgan fingerprint density at radius 2 is 2.04 bits per heavy atom. The van der Waals surface area contributed by atoms with Gasteiger partial charge in [0.25, 0.3) is 0 Å². The van der Waals surface area contributed by atoms with E-state index in [0.717, 1.165) is 6.42 Å². The maximum atomic E-state index is 12.4. The van der Waals surface area contributed by atoms with Crippen LogP contribution in [0.15, 0.2) is 52.2 Å². The van der Waals surface area contributed by atoms with Crippen molar-refractivity contribution in [2.45, 2.75) is 25.0 Å². The van der Waals surface area contributed by atoms with E-state index in [4.69, 9.17) is 9.15 Å². The largest absolute Gasteiger partial charge is 0.465 e. The van der Waals surface area contributed by atoms with Crippen LogP contribution in [0.4, 0.5) is 5.69 Å². The summed E-state index contributed by atoms with van der Waals surface area (Å²) in [5.74, 6) is 0.617. The first-order valence-corrected chi connectivity index (χ1v) is 9.69. The average molecular weight is 400 g/mol. The van der Waals surface area contributed by atoms with E-state index in [9.17, 15) is 9.59 Å². The molecule has 28 heavy (non-hydrogen) atoms. The van der Waals surface area contributed by atoms with Gasteiger partial charge in [0.2, 0.25) is 5.91 Å². The van der Waals surface area contributed by atoms with Crippen LogP contribution in [0.5, 0.6) is 0 Å². The number of para-hydroxylation sites is 1. The smallest absolute Gasteiger partial charge is 0.339 e. The molecule has 1 aromatic carbocycles. The molecule has 0 aliphatic heterocycles. The molecule has 3 rings (SSSR count). The zero-order valence-electron chi connectivity index (χ0n) is 15.5. The van der Waals surface area contributed by atoms with Gasteiger partial charge in [-0.3, -0.25) is 9.36 Å². The number of benzene rings is 1. The SMILES string of the molecule is CCCn1c(SCC(=O)Nc2ccccc2C(=O)OC)nnc1-c1ccco1. The van der Waals surface area contributed by atoms with Crippen molar-refractivity contribution >= 4 is 29.3 Å². The fraction of sp³-hybridized carbons (Fsp3) is 0.263. The third-order valence-corrected chi connectivity index (χ3v) is 4.81. The number of rotatable bonds is 8. The summed E-state index contributed by atoms with van der Waals surface area (Å²) < 4.78 is 12.1. The normalized spacial score (nSPS) is 10.6. The highest BCUT2D eigenvalue weighted by Crippen LogP contribution is 2.25. The molecule has 2 heterocycles. The molecule has 2 aromatic heterocycles.